The van der Waals surface area contributed by atoms with E-state index in [1.807, 2.05) is 6.92 Å². The normalized spacial score (nSPS) is 9.88. The van der Waals surface area contributed by atoms with Gasteiger partial charge in [-0.1, -0.05) is 19.1 Å². The number of carbonyl (C=O) groups is 2. The van der Waals surface area contributed by atoms with Gasteiger partial charge in [-0.3, -0.25) is 9.59 Å². The Morgan fingerprint density at radius 1 is 1.31 bits per heavy atom. The van der Waals surface area contributed by atoms with Crippen molar-refractivity contribution in [2.24, 2.45) is 0 Å². The molecular weight excluding hydrogens is 209 g/mol. The third-order valence-electron chi connectivity index (χ3n) is 2.09. The average Bonchev–Trinajstić information content (AvgIpc) is 2.27. The second kappa shape index (κ2) is 6.00. The van der Waals surface area contributed by atoms with E-state index in [1.165, 1.54) is 18.2 Å². The topological polar surface area (TPSA) is 46.2 Å². The molecule has 1 amide bonds. The quantitative estimate of drug-likeness (QED) is 0.829. The van der Waals surface area contributed by atoms with E-state index in [2.05, 4.69) is 5.32 Å². The van der Waals surface area contributed by atoms with Crippen LogP contribution in [0.15, 0.2) is 24.3 Å². The Bertz CT molecular complexity index is 390. The summed E-state index contributed by atoms with van der Waals surface area (Å²) in [6, 6.07) is 5.68. The van der Waals surface area contributed by atoms with E-state index in [9.17, 15) is 14.0 Å². The summed E-state index contributed by atoms with van der Waals surface area (Å²) in [7, 11) is 0. The third-order valence-corrected chi connectivity index (χ3v) is 2.09. The molecule has 86 valence electrons. The number of hydrogen-bond donors (Lipinski definition) is 1. The molecule has 0 atom stereocenters. The molecule has 16 heavy (non-hydrogen) atoms. The minimum Gasteiger partial charge on any atom is -0.345 e. The first-order valence-electron chi connectivity index (χ1n) is 5.19. The van der Waals surface area contributed by atoms with Crippen LogP contribution in [-0.4, -0.2) is 18.2 Å². The van der Waals surface area contributed by atoms with Crippen molar-refractivity contribution in [2.45, 2.75) is 19.8 Å². The Morgan fingerprint density at radius 2 is 2.00 bits per heavy atom. The number of rotatable bonds is 5. The van der Waals surface area contributed by atoms with Crippen molar-refractivity contribution in [2.75, 3.05) is 6.54 Å². The number of amides is 1. The maximum Gasteiger partial charge on any atom is 0.254 e. The highest BCUT2D eigenvalue weighted by Crippen LogP contribution is 2.05. The van der Waals surface area contributed by atoms with Crippen LogP contribution in [0.1, 0.15) is 30.1 Å². The molecule has 0 aromatic heterocycles. The van der Waals surface area contributed by atoms with Crippen molar-refractivity contribution < 1.29 is 14.0 Å². The molecule has 0 heterocycles. The summed E-state index contributed by atoms with van der Waals surface area (Å²) in [5, 5.41) is 2.40. The molecular formula is C12H14FNO2. The summed E-state index contributed by atoms with van der Waals surface area (Å²) < 4.78 is 13.2. The monoisotopic (exact) mass is 223 g/mol. The molecule has 0 aliphatic heterocycles. The second-order valence-electron chi connectivity index (χ2n) is 3.45. The lowest BCUT2D eigenvalue weighted by molar-refractivity contribution is -0.118. The van der Waals surface area contributed by atoms with Crippen LogP contribution in [0.3, 0.4) is 0 Å². The van der Waals surface area contributed by atoms with Crippen LogP contribution in [0.2, 0.25) is 0 Å². The summed E-state index contributed by atoms with van der Waals surface area (Å²) in [4.78, 5) is 22.6. The Balaban J connectivity index is 2.54. The van der Waals surface area contributed by atoms with E-state index >= 15 is 0 Å². The highest BCUT2D eigenvalue weighted by atomic mass is 19.1. The number of halogens is 1. The fourth-order valence-electron chi connectivity index (χ4n) is 1.29. The number of benzene rings is 1. The molecule has 0 spiro atoms. The Morgan fingerprint density at radius 3 is 2.62 bits per heavy atom. The fourth-order valence-corrected chi connectivity index (χ4v) is 1.29. The van der Waals surface area contributed by atoms with E-state index < -0.39 is 11.7 Å². The van der Waals surface area contributed by atoms with Gasteiger partial charge in [0, 0.05) is 6.42 Å². The number of ketones is 1. The lowest BCUT2D eigenvalue weighted by atomic mass is 10.2. The predicted molar refractivity (Wildman–Crippen MR) is 58.6 cm³/mol. The highest BCUT2D eigenvalue weighted by molar-refractivity contribution is 5.96. The Kier molecular flexibility index (Phi) is 4.64. The van der Waals surface area contributed by atoms with Crippen molar-refractivity contribution in [1.82, 2.24) is 5.32 Å². The van der Waals surface area contributed by atoms with Crippen molar-refractivity contribution in [3.05, 3.63) is 35.6 Å². The van der Waals surface area contributed by atoms with Crippen molar-refractivity contribution in [3.63, 3.8) is 0 Å². The molecule has 3 nitrogen and oxygen atoms in total. The largest absolute Gasteiger partial charge is 0.345 e. The molecule has 0 bridgehead atoms. The summed E-state index contributed by atoms with van der Waals surface area (Å²) in [6.07, 6.45) is 1.17. The zero-order chi connectivity index (χ0) is 12.0. The van der Waals surface area contributed by atoms with E-state index in [0.29, 0.717) is 6.42 Å². The zero-order valence-corrected chi connectivity index (χ0v) is 9.13. The van der Waals surface area contributed by atoms with Crippen molar-refractivity contribution in [1.29, 1.82) is 0 Å². The predicted octanol–water partition coefficient (Wildman–Crippen LogP) is 1.92. The number of carbonyl (C=O) groups excluding carboxylic acids is 2. The molecule has 0 unspecified atom stereocenters. The first kappa shape index (κ1) is 12.4. The smallest absolute Gasteiger partial charge is 0.254 e. The van der Waals surface area contributed by atoms with Gasteiger partial charge in [0.25, 0.3) is 5.91 Å². The molecule has 1 rings (SSSR count). The van der Waals surface area contributed by atoms with Crippen LogP contribution in [0.25, 0.3) is 0 Å². The molecule has 1 aromatic carbocycles. The van der Waals surface area contributed by atoms with Gasteiger partial charge in [-0.2, -0.15) is 0 Å². The second-order valence-corrected chi connectivity index (χ2v) is 3.45. The van der Waals surface area contributed by atoms with Gasteiger partial charge >= 0.3 is 0 Å². The fraction of sp³-hybridized carbons (Fsp3) is 0.333. The molecule has 0 saturated heterocycles. The first-order valence-corrected chi connectivity index (χ1v) is 5.19. The molecule has 0 saturated carbocycles. The van der Waals surface area contributed by atoms with Gasteiger partial charge < -0.3 is 5.32 Å². The van der Waals surface area contributed by atoms with E-state index in [1.54, 1.807) is 6.07 Å². The van der Waals surface area contributed by atoms with Crippen LogP contribution in [0.5, 0.6) is 0 Å². The van der Waals surface area contributed by atoms with Gasteiger partial charge in [0.2, 0.25) is 0 Å². The molecule has 0 fully saturated rings. The number of hydrogen-bond acceptors (Lipinski definition) is 2. The molecule has 0 aliphatic carbocycles. The highest BCUT2D eigenvalue weighted by Gasteiger charge is 2.11. The molecule has 0 aliphatic rings. The van der Waals surface area contributed by atoms with Crippen molar-refractivity contribution >= 4 is 11.7 Å². The summed E-state index contributed by atoms with van der Waals surface area (Å²) >= 11 is 0. The first-order chi connectivity index (χ1) is 7.65. The molecule has 1 aromatic rings. The van der Waals surface area contributed by atoms with E-state index in [-0.39, 0.29) is 17.9 Å². The minimum atomic E-state index is -0.581. The van der Waals surface area contributed by atoms with E-state index in [0.717, 1.165) is 6.42 Å². The Hall–Kier alpha value is -1.71. The average molecular weight is 223 g/mol. The maximum atomic E-state index is 13.2. The Labute approximate surface area is 93.7 Å². The maximum absolute atomic E-state index is 13.2. The third kappa shape index (κ3) is 3.46. The SMILES string of the molecule is CCCC(=O)CNC(=O)c1ccccc1F. The van der Waals surface area contributed by atoms with Crippen LogP contribution < -0.4 is 5.32 Å². The van der Waals surface area contributed by atoms with E-state index in [4.69, 9.17) is 0 Å². The lowest BCUT2D eigenvalue weighted by Gasteiger charge is -2.04. The van der Waals surface area contributed by atoms with Crippen molar-refractivity contribution in [3.8, 4) is 0 Å². The number of Topliss-reactive ketones (excluding diaryl/α,β-unsaturated/α-hetero) is 1. The van der Waals surface area contributed by atoms with Gasteiger partial charge in [0.1, 0.15) is 5.82 Å². The zero-order valence-electron chi connectivity index (χ0n) is 9.13. The minimum absolute atomic E-state index is 0.0354. The van der Waals surface area contributed by atoms with Crippen LogP contribution in [-0.2, 0) is 4.79 Å². The van der Waals surface area contributed by atoms with Gasteiger partial charge in [-0.25, -0.2) is 4.39 Å². The molecule has 4 heteroatoms. The lowest BCUT2D eigenvalue weighted by Crippen LogP contribution is -2.29. The standard InChI is InChI=1S/C12H14FNO2/c1-2-5-9(15)8-14-12(16)10-6-3-4-7-11(10)13/h3-4,6-7H,2,5,8H2,1H3,(H,14,16). The van der Waals surface area contributed by atoms with Gasteiger partial charge in [0.05, 0.1) is 12.1 Å². The van der Waals surface area contributed by atoms with Gasteiger partial charge in [-0.15, -0.1) is 0 Å². The van der Waals surface area contributed by atoms with Crippen LogP contribution in [0.4, 0.5) is 4.39 Å². The van der Waals surface area contributed by atoms with Gasteiger partial charge in [-0.05, 0) is 18.6 Å². The van der Waals surface area contributed by atoms with Gasteiger partial charge in [0.15, 0.2) is 5.78 Å². The molecule has 0 radical (unpaired) electrons. The molecule has 1 N–H and O–H groups in total. The van der Waals surface area contributed by atoms with Crippen LogP contribution >= 0.6 is 0 Å². The number of nitrogens with one attached hydrogen (secondary N) is 1. The summed E-state index contributed by atoms with van der Waals surface area (Å²) in [6.45, 7) is 1.84. The summed E-state index contributed by atoms with van der Waals surface area (Å²) in [5.74, 6) is -1.18. The summed E-state index contributed by atoms with van der Waals surface area (Å²) in [5.41, 5.74) is -0.0354. The van der Waals surface area contributed by atoms with Crippen LogP contribution in [0, 0.1) is 5.82 Å².